The summed E-state index contributed by atoms with van der Waals surface area (Å²) in [4.78, 5) is 35.5. The molecule has 0 spiro atoms. The molecule has 0 aromatic heterocycles. The van der Waals surface area contributed by atoms with Crippen LogP contribution in [0.2, 0.25) is 0 Å². The number of carbonyl (C=O) groups is 2. The molecule has 0 radical (unpaired) electrons. The molecule has 0 heterocycles. The Morgan fingerprint density at radius 1 is 1.22 bits per heavy atom. The SMILES string of the molecule is CSc1ccc(S(=O)(=O)NCC(=O)OCC(=O)N(C)Cc2ccc(F)cc2)cc1[N+](=O)[O-]. The van der Waals surface area contributed by atoms with Crippen LogP contribution in [0, 0.1) is 15.9 Å². The van der Waals surface area contributed by atoms with Gasteiger partial charge in [-0.2, -0.15) is 4.72 Å². The Morgan fingerprint density at radius 3 is 2.47 bits per heavy atom. The first-order chi connectivity index (χ1) is 15.0. The summed E-state index contributed by atoms with van der Waals surface area (Å²) in [5, 5.41) is 11.1. The molecule has 0 bridgehead atoms. The Bertz CT molecular complexity index is 1110. The summed E-state index contributed by atoms with van der Waals surface area (Å²) in [6, 6.07) is 8.90. The number of nitro groups is 1. The van der Waals surface area contributed by atoms with Gasteiger partial charge in [0, 0.05) is 19.7 Å². The lowest BCUT2D eigenvalue weighted by Gasteiger charge is -2.17. The molecule has 0 aliphatic heterocycles. The van der Waals surface area contributed by atoms with Crippen LogP contribution in [0.3, 0.4) is 0 Å². The molecule has 32 heavy (non-hydrogen) atoms. The maximum absolute atomic E-state index is 12.9. The van der Waals surface area contributed by atoms with Crippen LogP contribution >= 0.6 is 11.8 Å². The van der Waals surface area contributed by atoms with E-state index in [2.05, 4.69) is 0 Å². The van der Waals surface area contributed by atoms with Crippen LogP contribution in [0.25, 0.3) is 0 Å². The van der Waals surface area contributed by atoms with Crippen molar-refractivity contribution in [3.8, 4) is 0 Å². The number of benzene rings is 2. The molecule has 1 amide bonds. The first-order valence-corrected chi connectivity index (χ1v) is 11.7. The molecule has 2 aromatic carbocycles. The van der Waals surface area contributed by atoms with Crippen molar-refractivity contribution in [1.29, 1.82) is 0 Å². The van der Waals surface area contributed by atoms with Gasteiger partial charge in [-0.05, 0) is 36.1 Å². The van der Waals surface area contributed by atoms with Crippen LogP contribution in [0.1, 0.15) is 5.56 Å². The van der Waals surface area contributed by atoms with Crippen LogP contribution < -0.4 is 4.72 Å². The van der Waals surface area contributed by atoms with Crippen molar-refractivity contribution in [3.63, 3.8) is 0 Å². The standard InChI is InChI=1S/C19H20FN3O7S2/c1-22(11-13-3-5-14(20)6-4-13)18(24)12-30-19(25)10-21-32(28,29)15-7-8-17(31-2)16(9-15)23(26)27/h3-9,21H,10-12H2,1-2H3. The van der Waals surface area contributed by atoms with Crippen molar-refractivity contribution in [2.24, 2.45) is 0 Å². The second-order valence-corrected chi connectivity index (χ2v) is 9.07. The lowest BCUT2D eigenvalue weighted by molar-refractivity contribution is -0.388. The average Bonchev–Trinajstić information content (AvgIpc) is 2.76. The predicted octanol–water partition coefficient (Wildman–Crippen LogP) is 1.94. The van der Waals surface area contributed by atoms with E-state index >= 15 is 0 Å². The minimum Gasteiger partial charge on any atom is -0.455 e. The van der Waals surface area contributed by atoms with Gasteiger partial charge in [0.2, 0.25) is 10.0 Å². The molecule has 0 saturated carbocycles. The minimum atomic E-state index is -4.23. The highest BCUT2D eigenvalue weighted by Crippen LogP contribution is 2.29. The molecule has 13 heteroatoms. The Kier molecular flexibility index (Phi) is 8.69. The number of sulfonamides is 1. The van der Waals surface area contributed by atoms with Crippen molar-refractivity contribution in [2.45, 2.75) is 16.3 Å². The van der Waals surface area contributed by atoms with Gasteiger partial charge in [-0.15, -0.1) is 11.8 Å². The molecule has 0 saturated heterocycles. The van der Waals surface area contributed by atoms with Crippen molar-refractivity contribution in [1.82, 2.24) is 9.62 Å². The maximum atomic E-state index is 12.9. The molecule has 0 fully saturated rings. The molecular formula is C19H20FN3O7S2. The summed E-state index contributed by atoms with van der Waals surface area (Å²) in [5.41, 5.74) is 0.292. The van der Waals surface area contributed by atoms with Crippen LogP contribution in [0.4, 0.5) is 10.1 Å². The van der Waals surface area contributed by atoms with Crippen molar-refractivity contribution < 1.29 is 32.1 Å². The third-order valence-electron chi connectivity index (χ3n) is 4.18. The highest BCUT2D eigenvalue weighted by molar-refractivity contribution is 7.98. The number of nitrogens with one attached hydrogen (secondary N) is 1. The highest BCUT2D eigenvalue weighted by atomic mass is 32.2. The molecule has 0 aliphatic rings. The summed E-state index contributed by atoms with van der Waals surface area (Å²) in [5.74, 6) is -1.96. The molecule has 2 aromatic rings. The maximum Gasteiger partial charge on any atom is 0.321 e. The lowest BCUT2D eigenvalue weighted by Crippen LogP contribution is -2.34. The van der Waals surface area contributed by atoms with Gasteiger partial charge in [0.05, 0.1) is 14.7 Å². The van der Waals surface area contributed by atoms with E-state index in [9.17, 15) is 32.5 Å². The minimum absolute atomic E-state index is 0.161. The van der Waals surface area contributed by atoms with Crippen molar-refractivity contribution in [2.75, 3.05) is 26.5 Å². The monoisotopic (exact) mass is 485 g/mol. The van der Waals surface area contributed by atoms with E-state index in [0.29, 0.717) is 5.56 Å². The molecule has 0 aliphatic carbocycles. The Hall–Kier alpha value is -3.03. The first-order valence-electron chi connectivity index (χ1n) is 8.99. The number of halogens is 1. The zero-order valence-corrected chi connectivity index (χ0v) is 18.7. The Balaban J connectivity index is 1.89. The van der Waals surface area contributed by atoms with E-state index in [-0.39, 0.29) is 22.0 Å². The largest absolute Gasteiger partial charge is 0.455 e. The number of ether oxygens (including phenoxy) is 1. The molecular weight excluding hydrogens is 465 g/mol. The van der Waals surface area contributed by atoms with Crippen LogP contribution in [-0.4, -0.2) is 56.6 Å². The third kappa shape index (κ3) is 7.00. The smallest absolute Gasteiger partial charge is 0.321 e. The van der Waals surface area contributed by atoms with E-state index in [1.165, 1.54) is 48.3 Å². The summed E-state index contributed by atoms with van der Waals surface area (Å²) >= 11 is 1.09. The van der Waals surface area contributed by atoms with E-state index in [0.717, 1.165) is 17.8 Å². The fourth-order valence-electron chi connectivity index (χ4n) is 2.47. The average molecular weight is 486 g/mol. The number of amides is 1. The number of hydrogen-bond acceptors (Lipinski definition) is 8. The normalized spacial score (nSPS) is 11.1. The molecule has 1 N–H and O–H groups in total. The van der Waals surface area contributed by atoms with Crippen LogP contribution in [0.15, 0.2) is 52.3 Å². The van der Waals surface area contributed by atoms with Gasteiger partial charge < -0.3 is 9.64 Å². The Labute approximate surface area is 187 Å². The van der Waals surface area contributed by atoms with E-state index in [4.69, 9.17) is 4.74 Å². The number of hydrogen-bond donors (Lipinski definition) is 1. The van der Waals surface area contributed by atoms with E-state index in [1.807, 2.05) is 4.72 Å². The molecule has 0 atom stereocenters. The van der Waals surface area contributed by atoms with Crippen LogP contribution in [-0.2, 0) is 30.9 Å². The number of carbonyl (C=O) groups excluding carboxylic acids is 2. The van der Waals surface area contributed by atoms with Crippen molar-refractivity contribution in [3.05, 3.63) is 64.0 Å². The molecule has 10 nitrogen and oxygen atoms in total. The zero-order chi connectivity index (χ0) is 23.9. The van der Waals surface area contributed by atoms with Crippen molar-refractivity contribution >= 4 is 39.3 Å². The Morgan fingerprint density at radius 2 is 1.88 bits per heavy atom. The van der Waals surface area contributed by atoms with E-state index in [1.54, 1.807) is 6.26 Å². The fourth-order valence-corrected chi connectivity index (χ4v) is 4.01. The zero-order valence-electron chi connectivity index (χ0n) is 17.1. The molecule has 172 valence electrons. The number of thioether (sulfide) groups is 1. The van der Waals surface area contributed by atoms with Gasteiger partial charge in [0.25, 0.3) is 11.6 Å². The van der Waals surface area contributed by atoms with Gasteiger partial charge in [0.15, 0.2) is 6.61 Å². The summed E-state index contributed by atoms with van der Waals surface area (Å²) in [6.07, 6.45) is 1.61. The second kappa shape index (κ2) is 11.0. The van der Waals surface area contributed by atoms with Gasteiger partial charge >= 0.3 is 5.97 Å². The molecule has 2 rings (SSSR count). The van der Waals surface area contributed by atoms with Gasteiger partial charge in [0.1, 0.15) is 12.4 Å². The number of rotatable bonds is 10. The predicted molar refractivity (Wildman–Crippen MR) is 114 cm³/mol. The lowest BCUT2D eigenvalue weighted by atomic mass is 10.2. The van der Waals surface area contributed by atoms with Gasteiger partial charge in [-0.25, -0.2) is 12.8 Å². The number of esters is 1. The number of nitrogens with zero attached hydrogens (tertiary/aromatic N) is 2. The fraction of sp³-hybridized carbons (Fsp3) is 0.263. The van der Waals surface area contributed by atoms with E-state index < -0.39 is 45.8 Å². The topological polar surface area (TPSA) is 136 Å². The second-order valence-electron chi connectivity index (χ2n) is 6.45. The van der Waals surface area contributed by atoms with Gasteiger partial charge in [-0.1, -0.05) is 12.1 Å². The van der Waals surface area contributed by atoms with Gasteiger partial charge in [-0.3, -0.25) is 19.7 Å². The highest BCUT2D eigenvalue weighted by Gasteiger charge is 2.22. The first kappa shape index (κ1) is 25.2. The third-order valence-corrected chi connectivity index (χ3v) is 6.36. The summed E-state index contributed by atoms with van der Waals surface area (Å²) < 4.78 is 44.4. The summed E-state index contributed by atoms with van der Waals surface area (Å²) in [6.45, 7) is -1.23. The summed E-state index contributed by atoms with van der Waals surface area (Å²) in [7, 11) is -2.76. The van der Waals surface area contributed by atoms with Crippen LogP contribution in [0.5, 0.6) is 0 Å². The quantitative estimate of drug-likeness (QED) is 0.233. The number of likely N-dealkylation sites (N-methyl/N-ethyl adjacent to an activating group) is 1. The molecule has 0 unspecified atom stereocenters. The number of nitro benzene ring substituents is 1.